The Morgan fingerprint density at radius 3 is 2.63 bits per heavy atom. The fourth-order valence-electron chi connectivity index (χ4n) is 2.84. The normalized spacial score (nSPS) is 13.1. The van der Waals surface area contributed by atoms with Gasteiger partial charge in [0.15, 0.2) is 0 Å². The van der Waals surface area contributed by atoms with Crippen molar-refractivity contribution in [2.45, 2.75) is 18.6 Å². The van der Waals surface area contributed by atoms with E-state index in [1.165, 1.54) is 0 Å². The molecule has 1 aromatic heterocycles. The van der Waals surface area contributed by atoms with Crippen molar-refractivity contribution in [3.63, 3.8) is 0 Å². The second-order valence-corrected chi connectivity index (χ2v) is 6.64. The van der Waals surface area contributed by atoms with Crippen LogP contribution in [0.4, 0.5) is 0 Å². The number of carbonyl (C=O) groups is 2. The quantitative estimate of drug-likeness (QED) is 0.448. The zero-order valence-corrected chi connectivity index (χ0v) is 15.4. The van der Waals surface area contributed by atoms with Gasteiger partial charge in [0.2, 0.25) is 5.72 Å². The maximum atomic E-state index is 12.6. The fraction of sp³-hybridized carbons (Fsp3) is 0.200. The number of halogens is 1. The molecule has 0 unspecified atom stereocenters. The van der Waals surface area contributed by atoms with Crippen LogP contribution in [0.15, 0.2) is 54.6 Å². The maximum Gasteiger partial charge on any atom is 0.359 e. The highest BCUT2D eigenvalue weighted by Crippen LogP contribution is 2.21. The van der Waals surface area contributed by atoms with Gasteiger partial charge in [-0.3, -0.25) is 4.79 Å². The number of carbonyl (C=O) groups excluding carboxylic acids is 2. The predicted octanol–water partition coefficient (Wildman–Crippen LogP) is 3.05. The van der Waals surface area contributed by atoms with Crippen LogP contribution in [0.5, 0.6) is 0 Å². The van der Waals surface area contributed by atoms with Gasteiger partial charge < -0.3 is 20.1 Å². The molecule has 1 heterocycles. The number of ether oxygens (including phenoxy) is 1. The number of hydrogen-bond acceptors (Lipinski definition) is 4. The molecule has 6 nitrogen and oxygen atoms in total. The number of methoxy groups -OCH3 is 1. The van der Waals surface area contributed by atoms with E-state index in [2.05, 4.69) is 15.0 Å². The largest absolute Gasteiger partial charge is 0.465 e. The summed E-state index contributed by atoms with van der Waals surface area (Å²) in [7, 11) is 1.16. The van der Waals surface area contributed by atoms with Crippen molar-refractivity contribution in [2.24, 2.45) is 0 Å². The van der Waals surface area contributed by atoms with Gasteiger partial charge in [-0.15, -0.1) is 0 Å². The molecule has 140 valence electrons. The van der Waals surface area contributed by atoms with Crippen molar-refractivity contribution >= 4 is 34.4 Å². The van der Waals surface area contributed by atoms with E-state index in [1.54, 1.807) is 24.3 Å². The van der Waals surface area contributed by atoms with E-state index in [1.807, 2.05) is 30.3 Å². The Hall–Kier alpha value is -2.83. The first kappa shape index (κ1) is 18.9. The number of aliphatic hydroxyl groups is 1. The van der Waals surface area contributed by atoms with Gasteiger partial charge >= 0.3 is 5.97 Å². The summed E-state index contributed by atoms with van der Waals surface area (Å²) in [4.78, 5) is 27.7. The van der Waals surface area contributed by atoms with Crippen molar-refractivity contribution in [3.8, 4) is 0 Å². The average Bonchev–Trinajstić information content (AvgIpc) is 3.10. The van der Waals surface area contributed by atoms with E-state index in [-0.39, 0.29) is 12.1 Å². The first-order valence-electron chi connectivity index (χ1n) is 8.37. The van der Waals surface area contributed by atoms with Crippen molar-refractivity contribution in [2.75, 3.05) is 7.11 Å². The molecule has 0 spiro atoms. The third-order valence-electron chi connectivity index (χ3n) is 4.29. The Morgan fingerprint density at radius 1 is 1.19 bits per heavy atom. The topological polar surface area (TPSA) is 91.4 Å². The lowest BCUT2D eigenvalue weighted by molar-refractivity contribution is -0.165. The first-order chi connectivity index (χ1) is 12.9. The van der Waals surface area contributed by atoms with E-state index in [9.17, 15) is 14.7 Å². The monoisotopic (exact) mass is 386 g/mol. The molecule has 7 heteroatoms. The summed E-state index contributed by atoms with van der Waals surface area (Å²) < 4.78 is 4.68. The summed E-state index contributed by atoms with van der Waals surface area (Å²) >= 11 is 5.96. The van der Waals surface area contributed by atoms with Gasteiger partial charge in [0.1, 0.15) is 5.69 Å². The molecule has 0 aliphatic carbocycles. The molecule has 1 atom stereocenters. The third-order valence-corrected chi connectivity index (χ3v) is 4.52. The summed E-state index contributed by atoms with van der Waals surface area (Å²) in [6.45, 7) is 0. The highest BCUT2D eigenvalue weighted by molar-refractivity contribution is 6.31. The molecular weight excluding hydrogens is 368 g/mol. The molecule has 0 saturated heterocycles. The minimum Gasteiger partial charge on any atom is -0.465 e. The number of aromatic nitrogens is 1. The highest BCUT2D eigenvalue weighted by atomic mass is 35.5. The summed E-state index contributed by atoms with van der Waals surface area (Å²) in [5.41, 5.74) is -0.296. The van der Waals surface area contributed by atoms with Crippen molar-refractivity contribution < 1.29 is 19.4 Å². The number of aryl methyl sites for hydroxylation is 1. The molecule has 27 heavy (non-hydrogen) atoms. The SMILES string of the molecule is COC(=O)[C@](O)(CCc1ccccc1)NC(=O)c1cc2cc(Cl)ccc2[nH]1. The molecule has 0 saturated carbocycles. The lowest BCUT2D eigenvalue weighted by atomic mass is 10.0. The van der Waals surface area contributed by atoms with Crippen molar-refractivity contribution in [1.29, 1.82) is 0 Å². The highest BCUT2D eigenvalue weighted by Gasteiger charge is 2.39. The second kappa shape index (κ2) is 7.82. The second-order valence-electron chi connectivity index (χ2n) is 6.21. The lowest BCUT2D eigenvalue weighted by Crippen LogP contribution is -2.55. The number of fused-ring (bicyclic) bond motifs is 1. The number of H-pyrrole nitrogens is 1. The minimum absolute atomic E-state index is 0.0263. The standard InChI is InChI=1S/C20H19ClN2O4/c1-27-19(25)20(26,10-9-13-5-3-2-4-6-13)23-18(24)17-12-14-11-15(21)7-8-16(14)22-17/h2-8,11-12,22,26H,9-10H2,1H3,(H,23,24)/t20-/m1/s1. The molecule has 3 N–H and O–H groups in total. The van der Waals surface area contributed by atoms with Crippen LogP contribution in [-0.2, 0) is 16.0 Å². The predicted molar refractivity (Wildman–Crippen MR) is 103 cm³/mol. The van der Waals surface area contributed by atoms with Crippen molar-refractivity contribution in [3.05, 3.63) is 70.9 Å². The van der Waals surface area contributed by atoms with Crippen LogP contribution in [0, 0.1) is 0 Å². The molecule has 2 aromatic carbocycles. The van der Waals surface area contributed by atoms with Crippen molar-refractivity contribution in [1.82, 2.24) is 10.3 Å². The zero-order chi connectivity index (χ0) is 19.4. The van der Waals surface area contributed by atoms with E-state index in [0.29, 0.717) is 11.4 Å². The number of hydrogen-bond donors (Lipinski definition) is 3. The van der Waals surface area contributed by atoms with E-state index < -0.39 is 17.6 Å². The van der Waals surface area contributed by atoms with Gasteiger partial charge in [-0.25, -0.2) is 4.79 Å². The molecule has 3 aromatic rings. The maximum absolute atomic E-state index is 12.6. The van der Waals surface area contributed by atoms with Crippen LogP contribution in [0.3, 0.4) is 0 Å². The molecule has 1 amide bonds. The molecule has 0 fully saturated rings. The Morgan fingerprint density at radius 2 is 1.93 bits per heavy atom. The van der Waals surface area contributed by atoms with Crippen LogP contribution >= 0.6 is 11.6 Å². The van der Waals surface area contributed by atoms with E-state index >= 15 is 0 Å². The molecule has 0 aliphatic heterocycles. The summed E-state index contributed by atoms with van der Waals surface area (Å²) in [6.07, 6.45) is 0.358. The summed E-state index contributed by atoms with van der Waals surface area (Å²) in [5.74, 6) is -1.55. The van der Waals surface area contributed by atoms with E-state index in [4.69, 9.17) is 11.6 Å². The fourth-order valence-corrected chi connectivity index (χ4v) is 3.02. The van der Waals surface area contributed by atoms with Gasteiger partial charge in [0.25, 0.3) is 5.91 Å². The molecule has 0 radical (unpaired) electrons. The van der Waals surface area contributed by atoms with Crippen LogP contribution in [0.25, 0.3) is 10.9 Å². The zero-order valence-electron chi connectivity index (χ0n) is 14.7. The minimum atomic E-state index is -2.14. The first-order valence-corrected chi connectivity index (χ1v) is 8.74. The molecule has 0 bridgehead atoms. The molecule has 0 aliphatic rings. The van der Waals surface area contributed by atoms with Crippen LogP contribution < -0.4 is 5.32 Å². The number of rotatable bonds is 6. The number of benzene rings is 2. The van der Waals surface area contributed by atoms with Crippen LogP contribution in [-0.4, -0.2) is 34.8 Å². The Bertz CT molecular complexity index is 971. The van der Waals surface area contributed by atoms with E-state index in [0.717, 1.165) is 23.6 Å². The van der Waals surface area contributed by atoms with Gasteiger partial charge in [-0.1, -0.05) is 41.9 Å². The summed E-state index contributed by atoms with van der Waals surface area (Å²) in [6, 6.07) is 16.1. The smallest absolute Gasteiger partial charge is 0.359 e. The van der Waals surface area contributed by atoms with Gasteiger partial charge in [-0.05, 0) is 36.2 Å². The Balaban J connectivity index is 1.79. The number of nitrogens with one attached hydrogen (secondary N) is 2. The van der Waals surface area contributed by atoms with Gasteiger partial charge in [0.05, 0.1) is 7.11 Å². The molecular formula is C20H19ClN2O4. The van der Waals surface area contributed by atoms with Crippen LogP contribution in [0.2, 0.25) is 5.02 Å². The number of aromatic amines is 1. The number of esters is 1. The third kappa shape index (κ3) is 4.30. The number of amides is 1. The van der Waals surface area contributed by atoms with Crippen LogP contribution in [0.1, 0.15) is 22.5 Å². The Kier molecular flexibility index (Phi) is 5.48. The van der Waals surface area contributed by atoms with Gasteiger partial charge in [-0.2, -0.15) is 0 Å². The Labute approximate surface area is 161 Å². The van der Waals surface area contributed by atoms with Gasteiger partial charge in [0, 0.05) is 22.3 Å². The molecule has 3 rings (SSSR count). The average molecular weight is 387 g/mol. The summed E-state index contributed by atoms with van der Waals surface area (Å²) in [5, 5.41) is 14.4. The lowest BCUT2D eigenvalue weighted by Gasteiger charge is -2.26.